The van der Waals surface area contributed by atoms with E-state index >= 15 is 0 Å². The van der Waals surface area contributed by atoms with Gasteiger partial charge in [-0.1, -0.05) is 30.3 Å². The average Bonchev–Trinajstić information content (AvgIpc) is 3.33. The normalized spacial score (nSPS) is 22.3. The summed E-state index contributed by atoms with van der Waals surface area (Å²) in [7, 11) is 0. The molecular weight excluding hydrogens is 370 g/mol. The van der Waals surface area contributed by atoms with E-state index in [2.05, 4.69) is 15.6 Å². The van der Waals surface area contributed by atoms with E-state index in [1.54, 1.807) is 0 Å². The molecule has 0 bridgehead atoms. The van der Waals surface area contributed by atoms with Crippen LogP contribution in [0.25, 0.3) is 11.4 Å². The molecule has 2 aromatic rings. The van der Waals surface area contributed by atoms with Crippen molar-refractivity contribution in [1.82, 2.24) is 25.5 Å². The van der Waals surface area contributed by atoms with Crippen LogP contribution in [0.15, 0.2) is 35.1 Å². The van der Waals surface area contributed by atoms with Gasteiger partial charge in [-0.3, -0.25) is 9.59 Å². The van der Waals surface area contributed by atoms with E-state index in [0.717, 1.165) is 42.5 Å². The smallest absolute Gasteiger partial charge is 0.315 e. The monoisotopic (exact) mass is 393 g/mol. The van der Waals surface area contributed by atoms with Crippen molar-refractivity contribution >= 4 is 11.9 Å². The van der Waals surface area contributed by atoms with Crippen LogP contribution in [0, 0.1) is 0 Å². The van der Waals surface area contributed by atoms with Crippen LogP contribution in [0.1, 0.15) is 30.5 Å². The fourth-order valence-corrected chi connectivity index (χ4v) is 4.85. The maximum Gasteiger partial charge on any atom is 0.315 e. The molecule has 150 valence electrons. The molecule has 2 aliphatic heterocycles. The number of rotatable bonds is 2. The minimum absolute atomic E-state index is 0.0414. The minimum atomic E-state index is -0.488. The first kappa shape index (κ1) is 17.9. The van der Waals surface area contributed by atoms with Gasteiger partial charge >= 0.3 is 6.03 Å². The Morgan fingerprint density at radius 3 is 2.55 bits per heavy atom. The molecule has 2 saturated heterocycles. The zero-order chi connectivity index (χ0) is 20.0. The lowest BCUT2D eigenvalue weighted by Crippen LogP contribution is -2.51. The van der Waals surface area contributed by atoms with E-state index in [1.807, 2.05) is 35.2 Å². The third-order valence-electron chi connectivity index (χ3n) is 6.52. The maximum atomic E-state index is 12.7. The number of benzene rings is 1. The molecule has 3 amide bonds. The van der Waals surface area contributed by atoms with Crippen LogP contribution in [-0.4, -0.2) is 52.5 Å². The lowest BCUT2D eigenvalue weighted by Gasteiger charge is -2.40. The van der Waals surface area contributed by atoms with E-state index < -0.39 is 6.04 Å². The van der Waals surface area contributed by atoms with Crippen LogP contribution in [0.2, 0.25) is 0 Å². The molecule has 3 N–H and O–H groups in total. The van der Waals surface area contributed by atoms with Crippen LogP contribution in [-0.2, 0) is 16.6 Å². The van der Waals surface area contributed by atoms with Gasteiger partial charge < -0.3 is 20.5 Å². The maximum absolute atomic E-state index is 12.7. The van der Waals surface area contributed by atoms with Gasteiger partial charge in [-0.25, -0.2) is 9.78 Å². The van der Waals surface area contributed by atoms with Crippen molar-refractivity contribution in [3.05, 3.63) is 51.9 Å². The molecule has 8 heteroatoms. The summed E-state index contributed by atoms with van der Waals surface area (Å²) in [6.07, 6.45) is 3.18. The molecule has 2 fully saturated rings. The van der Waals surface area contributed by atoms with Gasteiger partial charge in [0.05, 0.1) is 5.69 Å². The Morgan fingerprint density at radius 2 is 1.86 bits per heavy atom. The van der Waals surface area contributed by atoms with Gasteiger partial charge in [0.2, 0.25) is 5.91 Å². The Labute approximate surface area is 167 Å². The largest absolute Gasteiger partial charge is 0.341 e. The molecule has 1 aromatic heterocycles. The number of carbonyl (C=O) groups excluding carboxylic acids is 2. The lowest BCUT2D eigenvalue weighted by molar-refractivity contribution is -0.134. The van der Waals surface area contributed by atoms with Gasteiger partial charge in [-0.05, 0) is 25.7 Å². The summed E-state index contributed by atoms with van der Waals surface area (Å²) in [5.41, 5.74) is 2.39. The van der Waals surface area contributed by atoms with Crippen molar-refractivity contribution in [2.75, 3.05) is 19.6 Å². The van der Waals surface area contributed by atoms with Crippen molar-refractivity contribution < 1.29 is 9.59 Å². The number of hydrogen-bond donors (Lipinski definition) is 3. The van der Waals surface area contributed by atoms with Gasteiger partial charge in [-0.15, -0.1) is 0 Å². The summed E-state index contributed by atoms with van der Waals surface area (Å²) >= 11 is 0. The molecule has 29 heavy (non-hydrogen) atoms. The predicted molar refractivity (Wildman–Crippen MR) is 106 cm³/mol. The first-order valence-electron chi connectivity index (χ1n) is 10.1. The second-order valence-electron chi connectivity index (χ2n) is 8.12. The van der Waals surface area contributed by atoms with Crippen LogP contribution >= 0.6 is 0 Å². The molecule has 1 aliphatic carbocycles. The molecule has 1 atom stereocenters. The van der Waals surface area contributed by atoms with E-state index in [0.29, 0.717) is 25.5 Å². The third kappa shape index (κ3) is 2.99. The Kier molecular flexibility index (Phi) is 4.15. The Hall–Kier alpha value is -3.16. The summed E-state index contributed by atoms with van der Waals surface area (Å²) in [5, 5.41) is 5.30. The number of amides is 3. The second kappa shape index (κ2) is 6.72. The molecule has 1 spiro atoms. The number of nitrogens with zero attached hydrogens (tertiary/aromatic N) is 2. The van der Waals surface area contributed by atoms with Gasteiger partial charge in [0.15, 0.2) is 0 Å². The predicted octanol–water partition coefficient (Wildman–Crippen LogP) is 0.925. The number of nitrogens with one attached hydrogen (secondary N) is 3. The van der Waals surface area contributed by atoms with Crippen molar-refractivity contribution in [2.24, 2.45) is 0 Å². The number of urea groups is 1. The second-order valence-corrected chi connectivity index (χ2v) is 8.12. The van der Waals surface area contributed by atoms with Gasteiger partial charge in [-0.2, -0.15) is 0 Å². The highest BCUT2D eigenvalue weighted by Gasteiger charge is 2.45. The van der Waals surface area contributed by atoms with E-state index in [9.17, 15) is 14.4 Å². The van der Waals surface area contributed by atoms with Gasteiger partial charge in [0.25, 0.3) is 5.56 Å². The van der Waals surface area contributed by atoms with Crippen molar-refractivity contribution in [2.45, 2.75) is 37.1 Å². The molecule has 1 aromatic carbocycles. The van der Waals surface area contributed by atoms with Crippen molar-refractivity contribution in [3.8, 4) is 11.4 Å². The highest BCUT2D eigenvalue weighted by atomic mass is 16.2. The first-order chi connectivity index (χ1) is 14.1. The van der Waals surface area contributed by atoms with Crippen LogP contribution in [0.5, 0.6) is 0 Å². The average molecular weight is 393 g/mol. The molecule has 1 unspecified atom stereocenters. The number of fused-ring (bicyclic) bond motifs is 2. The Bertz CT molecular complexity index is 1020. The van der Waals surface area contributed by atoms with Crippen LogP contribution in [0.4, 0.5) is 4.79 Å². The molecule has 3 aliphatic rings. The zero-order valence-electron chi connectivity index (χ0n) is 16.0. The SMILES string of the molecule is O=C1NCC(C(=O)N2CCC3(CCc4c3nc(-c3ccccc3)[nH]c4=O)CC2)N1. The van der Waals surface area contributed by atoms with E-state index in [4.69, 9.17) is 4.98 Å². The lowest BCUT2D eigenvalue weighted by atomic mass is 9.76. The Balaban J connectivity index is 1.39. The van der Waals surface area contributed by atoms with E-state index in [-0.39, 0.29) is 22.9 Å². The highest BCUT2D eigenvalue weighted by Crippen LogP contribution is 2.44. The fraction of sp³-hybridized carbons (Fsp3) is 0.429. The fourth-order valence-electron chi connectivity index (χ4n) is 4.85. The number of hydrogen-bond acceptors (Lipinski definition) is 4. The van der Waals surface area contributed by atoms with Crippen molar-refractivity contribution in [3.63, 3.8) is 0 Å². The number of H-pyrrole nitrogens is 1. The first-order valence-corrected chi connectivity index (χ1v) is 10.1. The molecule has 0 saturated carbocycles. The summed E-state index contributed by atoms with van der Waals surface area (Å²) in [5.74, 6) is 0.564. The summed E-state index contributed by atoms with van der Waals surface area (Å²) in [4.78, 5) is 46.4. The van der Waals surface area contributed by atoms with Crippen molar-refractivity contribution in [1.29, 1.82) is 0 Å². The van der Waals surface area contributed by atoms with Crippen LogP contribution in [0.3, 0.4) is 0 Å². The number of carbonyl (C=O) groups is 2. The summed E-state index contributed by atoms with van der Waals surface area (Å²) < 4.78 is 0. The van der Waals surface area contributed by atoms with Gasteiger partial charge in [0, 0.05) is 36.2 Å². The summed E-state index contributed by atoms with van der Waals surface area (Å²) in [6.45, 7) is 1.55. The van der Waals surface area contributed by atoms with E-state index in [1.165, 1.54) is 0 Å². The molecule has 3 heterocycles. The Morgan fingerprint density at radius 1 is 1.10 bits per heavy atom. The molecule has 0 radical (unpaired) electrons. The minimum Gasteiger partial charge on any atom is -0.341 e. The molecule has 5 rings (SSSR count). The number of likely N-dealkylation sites (tertiary alicyclic amines) is 1. The standard InChI is InChI=1S/C21H23N5O3/c27-18-14-6-7-21(16(14)24-17(25-18)13-4-2-1-3-5-13)8-10-26(11-9-21)19(28)15-12-22-20(29)23-15/h1-5,15H,6-12H2,(H2,22,23,29)(H,24,25,27). The number of aromatic nitrogens is 2. The topological polar surface area (TPSA) is 107 Å². The summed E-state index contributed by atoms with van der Waals surface area (Å²) in [6, 6.07) is 8.90. The number of aromatic amines is 1. The molecule has 8 nitrogen and oxygen atoms in total. The quantitative estimate of drug-likeness (QED) is 0.705. The van der Waals surface area contributed by atoms with Gasteiger partial charge in [0.1, 0.15) is 11.9 Å². The zero-order valence-corrected chi connectivity index (χ0v) is 16.0. The van der Waals surface area contributed by atoms with Crippen LogP contribution < -0.4 is 16.2 Å². The number of piperidine rings is 1. The highest BCUT2D eigenvalue weighted by molar-refractivity contribution is 5.90. The molecular formula is C21H23N5O3. The third-order valence-corrected chi connectivity index (χ3v) is 6.52.